The fourth-order valence-electron chi connectivity index (χ4n) is 14.7. The zero-order valence-electron chi connectivity index (χ0n) is 60.0. The first-order valence-electron chi connectivity index (χ1n) is 35.2. The van der Waals surface area contributed by atoms with Crippen molar-refractivity contribution in [2.45, 2.75) is 207 Å². The molecule has 0 radical (unpaired) electrons. The van der Waals surface area contributed by atoms with E-state index >= 15 is 0 Å². The Labute approximate surface area is 591 Å². The molecule has 0 spiro atoms. The first-order valence-corrected chi connectivity index (χ1v) is 36.8. The van der Waals surface area contributed by atoms with E-state index in [-0.39, 0.29) is 41.0 Å². The number of piperazine rings is 2. The summed E-state index contributed by atoms with van der Waals surface area (Å²) in [7, 11) is -0.248. The number of nitrogens with one attached hydrogen (secondary N) is 1. The first kappa shape index (κ1) is 71.1. The number of pyridine rings is 2. The summed E-state index contributed by atoms with van der Waals surface area (Å²) in [5.41, 5.74) is 19.9. The van der Waals surface area contributed by atoms with E-state index in [1.807, 2.05) is 39.0 Å². The number of benzene rings is 5. The molecule has 5 heterocycles. The van der Waals surface area contributed by atoms with Crippen molar-refractivity contribution >= 4 is 68.0 Å². The average molecular weight is 1420 g/mol. The van der Waals surface area contributed by atoms with Crippen LogP contribution in [0.4, 0.5) is 16.4 Å². The van der Waals surface area contributed by atoms with Crippen LogP contribution in [0.3, 0.4) is 0 Å². The Bertz CT molecular complexity index is 3970. The van der Waals surface area contributed by atoms with E-state index in [0.717, 1.165) is 90.6 Å². The summed E-state index contributed by atoms with van der Waals surface area (Å²) in [5.74, 6) is 2.35. The number of carbonyl (C=O) groups is 2. The number of carbonyl (C=O) groups excluding carboxylic acids is 2. The molecule has 0 bridgehead atoms. The van der Waals surface area contributed by atoms with E-state index in [0.29, 0.717) is 30.3 Å². The lowest BCUT2D eigenvalue weighted by Gasteiger charge is -2.36. The van der Waals surface area contributed by atoms with Crippen LogP contribution in [0.5, 0.6) is 0 Å². The number of nitrogens with zero attached hydrogens (tertiary/aromatic N) is 5. The largest absolute Gasteiger partial charge is 0.494 e. The van der Waals surface area contributed by atoms with Gasteiger partial charge >= 0.3 is 13.2 Å². The molecule has 508 valence electrons. The van der Waals surface area contributed by atoms with E-state index in [9.17, 15) is 9.59 Å². The maximum Gasteiger partial charge on any atom is 0.494 e. The van der Waals surface area contributed by atoms with E-state index < -0.39 is 5.60 Å². The molecule has 0 saturated carbocycles. The number of fused-ring (bicyclic) bond motifs is 5. The number of aryl methyl sites for hydroxylation is 5. The predicted octanol–water partition coefficient (Wildman–Crippen LogP) is 17.9. The summed E-state index contributed by atoms with van der Waals surface area (Å²) in [6.07, 6.45) is 11.2. The Hall–Kier alpha value is -6.16. The molecule has 1 N–H and O–H groups in total. The summed E-state index contributed by atoms with van der Waals surface area (Å²) >= 11 is 6.86. The second-order valence-corrected chi connectivity index (χ2v) is 34.1. The number of Topliss-reactive ketones (excluding diaryl/α,β-unsaturated/α-hetero) is 1. The Morgan fingerprint density at radius 3 is 1.39 bits per heavy atom. The molecule has 96 heavy (non-hydrogen) atoms. The van der Waals surface area contributed by atoms with Crippen molar-refractivity contribution < 1.29 is 23.6 Å². The maximum atomic E-state index is 12.3. The Morgan fingerprint density at radius 2 is 0.906 bits per heavy atom. The highest BCUT2D eigenvalue weighted by atomic mass is 79.9. The van der Waals surface area contributed by atoms with E-state index in [4.69, 9.17) is 24.0 Å². The quantitative estimate of drug-likeness (QED) is 0.167. The Kier molecular flexibility index (Phi) is 20.9. The molecular formula is C82H103BBr2N6O5. The van der Waals surface area contributed by atoms with Crippen LogP contribution in [0.1, 0.15) is 196 Å². The highest BCUT2D eigenvalue weighted by molar-refractivity contribution is 9.10. The third kappa shape index (κ3) is 16.3. The van der Waals surface area contributed by atoms with Crippen LogP contribution >= 0.6 is 31.9 Å². The number of halogens is 2. The third-order valence-electron chi connectivity index (χ3n) is 21.7. The van der Waals surface area contributed by atoms with Crippen LogP contribution in [-0.4, -0.2) is 103 Å². The Morgan fingerprint density at radius 1 is 0.490 bits per heavy atom. The molecule has 1 amide bonds. The number of anilines is 2. The number of amides is 1. The van der Waals surface area contributed by atoms with E-state index in [2.05, 4.69) is 239 Å². The van der Waals surface area contributed by atoms with Crippen molar-refractivity contribution in [1.82, 2.24) is 20.2 Å². The van der Waals surface area contributed by atoms with Crippen LogP contribution in [0.2, 0.25) is 0 Å². The summed E-state index contributed by atoms with van der Waals surface area (Å²) < 4.78 is 20.0. The zero-order valence-corrected chi connectivity index (χ0v) is 63.1. The van der Waals surface area contributed by atoms with Gasteiger partial charge in [0.05, 0.1) is 22.6 Å². The zero-order chi connectivity index (χ0) is 68.8. The lowest BCUT2D eigenvalue weighted by Crippen LogP contribution is -2.50. The SMILES string of the molecule is CC(C)(C)OC(=O)N1CCN(c2cccc(-c3ccc4c(c3)C(C)(C)CC4)n2)CC1.CC1(C)CCc2ccc(-c3cccc(N4CCNCC4)n3)cc21.CC1(C)CCc2ccc(B3OC(C)(C)C(C)(C)O3)cc21.CC1(C)CCc2ccc(Br)cc21.O=C1CCc2ccc(Br)cc21. The van der Waals surface area contributed by atoms with Gasteiger partial charge in [0.2, 0.25) is 0 Å². The van der Waals surface area contributed by atoms with Crippen molar-refractivity contribution in [3.63, 3.8) is 0 Å². The van der Waals surface area contributed by atoms with Gasteiger partial charge in [-0.1, -0.05) is 154 Å². The van der Waals surface area contributed by atoms with Crippen molar-refractivity contribution in [2.24, 2.45) is 0 Å². The summed E-state index contributed by atoms with van der Waals surface area (Å²) in [6, 6.07) is 45.6. The molecule has 8 aliphatic rings. The van der Waals surface area contributed by atoms with Crippen LogP contribution < -0.4 is 20.6 Å². The molecular weight excluding hydrogens is 1320 g/mol. The van der Waals surface area contributed by atoms with Crippen LogP contribution in [0.25, 0.3) is 22.5 Å². The molecule has 3 saturated heterocycles. The van der Waals surface area contributed by atoms with Crippen molar-refractivity contribution in [3.8, 4) is 22.5 Å². The van der Waals surface area contributed by atoms with Gasteiger partial charge in [0.25, 0.3) is 0 Å². The fraction of sp³-hybridized carbons (Fsp3) is 0.488. The molecule has 3 aliphatic heterocycles. The third-order valence-corrected chi connectivity index (χ3v) is 22.7. The van der Waals surface area contributed by atoms with Crippen molar-refractivity contribution in [2.75, 3.05) is 62.2 Å². The molecule has 7 aromatic rings. The monoisotopic (exact) mass is 1420 g/mol. The van der Waals surface area contributed by atoms with E-state index in [1.54, 1.807) is 4.90 Å². The predicted molar refractivity (Wildman–Crippen MR) is 403 cm³/mol. The summed E-state index contributed by atoms with van der Waals surface area (Å²) in [5, 5.41) is 3.40. The number of aromatic nitrogens is 2. The molecule has 2 aromatic heterocycles. The second-order valence-electron chi connectivity index (χ2n) is 32.3. The molecule has 11 nitrogen and oxygen atoms in total. The first-order chi connectivity index (χ1) is 45.2. The van der Waals surface area contributed by atoms with Gasteiger partial charge in [-0.15, -0.1) is 0 Å². The lowest BCUT2D eigenvalue weighted by atomic mass is 9.75. The lowest BCUT2D eigenvalue weighted by molar-refractivity contribution is 0.00578. The van der Waals surface area contributed by atoms with Crippen molar-refractivity contribution in [1.29, 1.82) is 0 Å². The average Bonchev–Trinajstić information content (AvgIpc) is 1.60. The van der Waals surface area contributed by atoms with E-state index in [1.165, 1.54) is 111 Å². The number of hydrogen-bond acceptors (Lipinski definition) is 10. The normalized spacial score (nSPS) is 19.9. The molecule has 3 fully saturated rings. The van der Waals surface area contributed by atoms with Gasteiger partial charge in [0.15, 0.2) is 5.78 Å². The summed E-state index contributed by atoms with van der Waals surface area (Å²) in [6.45, 7) is 39.7. The van der Waals surface area contributed by atoms with Crippen LogP contribution in [-0.2, 0) is 67.8 Å². The van der Waals surface area contributed by atoms with Gasteiger partial charge in [0.1, 0.15) is 17.2 Å². The smallest absolute Gasteiger partial charge is 0.444 e. The number of rotatable bonds is 5. The highest BCUT2D eigenvalue weighted by Gasteiger charge is 2.52. The highest BCUT2D eigenvalue weighted by Crippen LogP contribution is 2.44. The van der Waals surface area contributed by atoms with Gasteiger partial charge in [-0.25, -0.2) is 14.8 Å². The minimum Gasteiger partial charge on any atom is -0.444 e. The molecule has 5 aliphatic carbocycles. The van der Waals surface area contributed by atoms with Crippen LogP contribution in [0.15, 0.2) is 136 Å². The molecule has 15 rings (SSSR count). The van der Waals surface area contributed by atoms with Gasteiger partial charge in [-0.2, -0.15) is 0 Å². The molecule has 0 unspecified atom stereocenters. The standard InChI is InChI=1S/C25H33N3O2.C20H25N3.C17H25BO2.C11H13Br.C9H7BrO/c1-24(2,3)30-23(29)28-15-13-27(14-16-28)22-8-6-7-21(26-22)19-10-9-18-11-12-25(4,5)20(18)17-19;1-20(2)9-8-15-6-7-16(14-17(15)20)18-4-3-5-19(22-18)23-12-10-21-11-13-23;1-15(2)10-9-12-7-8-13(11-14(12)15)18-19-16(3,4)17(5,6)20-18;1-11(2)6-5-8-3-4-9(12)7-10(8)11;10-7-3-1-6-2-4-9(11)8(6)5-7/h6-10,17H,11-16H2,1-5H3;3-7,14,21H,8-13H2,1-2H3;7-8,11H,9-10H2,1-6H3;3-4,7H,5-6H2,1-2H3;1,3,5H,2,4H2. The molecule has 5 aromatic carbocycles. The minimum absolute atomic E-state index is 0.232. The van der Waals surface area contributed by atoms with Gasteiger partial charge in [-0.3, -0.25) is 4.79 Å². The number of hydrogen-bond donors (Lipinski definition) is 1. The molecule has 14 heteroatoms. The second kappa shape index (κ2) is 28.2. The fourth-order valence-corrected chi connectivity index (χ4v) is 15.4. The maximum absolute atomic E-state index is 12.3. The van der Waals surface area contributed by atoms with Gasteiger partial charge < -0.3 is 34.1 Å². The number of ether oxygens (including phenoxy) is 1. The van der Waals surface area contributed by atoms with Gasteiger partial charge in [0, 0.05) is 84.4 Å². The minimum atomic E-state index is -0.464. The molecule has 0 atom stereocenters. The summed E-state index contributed by atoms with van der Waals surface area (Å²) in [4.78, 5) is 39.8. The Balaban J connectivity index is 0.000000127. The van der Waals surface area contributed by atoms with Crippen LogP contribution in [0, 0.1) is 0 Å². The van der Waals surface area contributed by atoms with Gasteiger partial charge in [-0.05, 0) is 244 Å². The van der Waals surface area contributed by atoms with Crippen molar-refractivity contribution in [3.05, 3.63) is 192 Å². The topological polar surface area (TPSA) is 109 Å². The number of ketones is 1.